The lowest BCUT2D eigenvalue weighted by Gasteiger charge is -2.40. The summed E-state index contributed by atoms with van der Waals surface area (Å²) >= 11 is 0. The highest BCUT2D eigenvalue weighted by atomic mass is 127. The number of primary amides is 1. The van der Waals surface area contributed by atoms with Crippen molar-refractivity contribution in [1.82, 2.24) is 10.2 Å². The average Bonchev–Trinajstić information content (AvgIpc) is 2.69. The van der Waals surface area contributed by atoms with Crippen LogP contribution in [0.15, 0.2) is 29.3 Å². The standard InChI is InChI=1S/C22H33FN4O.HI/c1-25-21(27-12-6-7-17(15-27)13-20(24)28)26-16-22(10-3-2-4-11-22)18-8-5-9-19(23)14-18;/h5,8-9,14,17H,2-4,6-7,10-13,15-16H2,1H3,(H2,24,28)(H,25,26);1H. The lowest BCUT2D eigenvalue weighted by Crippen LogP contribution is -2.51. The maximum atomic E-state index is 13.9. The Labute approximate surface area is 190 Å². The minimum absolute atomic E-state index is 0. The molecule has 1 heterocycles. The van der Waals surface area contributed by atoms with Crippen LogP contribution in [0.25, 0.3) is 0 Å². The molecule has 1 aromatic carbocycles. The predicted molar refractivity (Wildman–Crippen MR) is 126 cm³/mol. The van der Waals surface area contributed by atoms with Crippen molar-refractivity contribution in [2.75, 3.05) is 26.7 Å². The van der Waals surface area contributed by atoms with Gasteiger partial charge >= 0.3 is 0 Å². The van der Waals surface area contributed by atoms with Gasteiger partial charge in [0.25, 0.3) is 0 Å². The lowest BCUT2D eigenvalue weighted by molar-refractivity contribution is -0.119. The molecule has 1 aliphatic heterocycles. The normalized spacial score (nSPS) is 21.9. The number of amides is 1. The Balaban J connectivity index is 0.00000300. The van der Waals surface area contributed by atoms with E-state index >= 15 is 0 Å². The van der Waals surface area contributed by atoms with E-state index in [1.807, 2.05) is 6.07 Å². The fourth-order valence-corrected chi connectivity index (χ4v) is 4.90. The molecule has 1 aliphatic carbocycles. The van der Waals surface area contributed by atoms with Crippen molar-refractivity contribution in [1.29, 1.82) is 0 Å². The third-order valence-corrected chi connectivity index (χ3v) is 6.35. The third-order valence-electron chi connectivity index (χ3n) is 6.35. The molecule has 0 radical (unpaired) electrons. The van der Waals surface area contributed by atoms with Gasteiger partial charge in [0, 0.05) is 38.5 Å². The highest BCUT2D eigenvalue weighted by Gasteiger charge is 2.35. The van der Waals surface area contributed by atoms with Crippen LogP contribution in [0.3, 0.4) is 0 Å². The van der Waals surface area contributed by atoms with Crippen LogP contribution in [0, 0.1) is 11.7 Å². The smallest absolute Gasteiger partial charge is 0.217 e. The zero-order chi connectivity index (χ0) is 20.0. The van der Waals surface area contributed by atoms with E-state index in [2.05, 4.69) is 21.3 Å². The lowest BCUT2D eigenvalue weighted by atomic mass is 9.69. The van der Waals surface area contributed by atoms with Gasteiger partial charge in [-0.15, -0.1) is 24.0 Å². The molecule has 0 bridgehead atoms. The number of halogens is 2. The van der Waals surface area contributed by atoms with Gasteiger partial charge in [0.15, 0.2) is 5.96 Å². The summed E-state index contributed by atoms with van der Waals surface area (Å²) in [5, 5.41) is 3.58. The molecular weight excluding hydrogens is 482 g/mol. The molecule has 2 aliphatic rings. The molecular formula is C22H34FIN4O. The van der Waals surface area contributed by atoms with E-state index < -0.39 is 0 Å². The summed E-state index contributed by atoms with van der Waals surface area (Å²) in [5.41, 5.74) is 6.42. The molecule has 0 spiro atoms. The summed E-state index contributed by atoms with van der Waals surface area (Å²) in [6.07, 6.45) is 8.20. The van der Waals surface area contributed by atoms with Crippen molar-refractivity contribution < 1.29 is 9.18 Å². The van der Waals surface area contributed by atoms with E-state index in [1.54, 1.807) is 13.1 Å². The predicted octanol–water partition coefficient (Wildman–Crippen LogP) is 3.81. The van der Waals surface area contributed by atoms with E-state index in [-0.39, 0.29) is 47.0 Å². The van der Waals surface area contributed by atoms with E-state index in [9.17, 15) is 9.18 Å². The molecule has 5 nitrogen and oxygen atoms in total. The molecule has 0 aromatic heterocycles. The molecule has 1 atom stereocenters. The Morgan fingerprint density at radius 3 is 2.72 bits per heavy atom. The molecule has 29 heavy (non-hydrogen) atoms. The van der Waals surface area contributed by atoms with Crippen LogP contribution in [-0.4, -0.2) is 43.4 Å². The van der Waals surface area contributed by atoms with Gasteiger partial charge in [-0.05, 0) is 49.3 Å². The van der Waals surface area contributed by atoms with Crippen LogP contribution in [-0.2, 0) is 10.2 Å². The number of carbonyl (C=O) groups is 1. The highest BCUT2D eigenvalue weighted by Crippen LogP contribution is 2.39. The van der Waals surface area contributed by atoms with Gasteiger partial charge < -0.3 is 16.0 Å². The van der Waals surface area contributed by atoms with Crippen LogP contribution in [0.1, 0.15) is 56.9 Å². The minimum Gasteiger partial charge on any atom is -0.370 e. The van der Waals surface area contributed by atoms with Gasteiger partial charge in [0.1, 0.15) is 5.82 Å². The number of carbonyl (C=O) groups excluding carboxylic acids is 1. The molecule has 1 aromatic rings. The SMILES string of the molecule is CN=C(NCC1(c2cccc(F)c2)CCCCC1)N1CCCC(CC(N)=O)C1.I. The van der Waals surface area contributed by atoms with Gasteiger partial charge in [0.05, 0.1) is 0 Å². The fourth-order valence-electron chi connectivity index (χ4n) is 4.90. The maximum Gasteiger partial charge on any atom is 0.217 e. The van der Waals surface area contributed by atoms with Crippen molar-refractivity contribution >= 4 is 35.8 Å². The second kappa shape index (κ2) is 11.1. The summed E-state index contributed by atoms with van der Waals surface area (Å²) < 4.78 is 13.9. The summed E-state index contributed by atoms with van der Waals surface area (Å²) in [7, 11) is 1.80. The number of piperidine rings is 1. The third kappa shape index (κ3) is 6.30. The van der Waals surface area contributed by atoms with Gasteiger partial charge in [-0.1, -0.05) is 31.4 Å². The van der Waals surface area contributed by atoms with E-state index in [1.165, 1.54) is 25.3 Å². The second-order valence-corrected chi connectivity index (χ2v) is 8.38. The maximum absolute atomic E-state index is 13.9. The van der Waals surface area contributed by atoms with Gasteiger partial charge in [0.2, 0.25) is 5.91 Å². The van der Waals surface area contributed by atoms with E-state index in [4.69, 9.17) is 5.73 Å². The first kappa shape index (κ1) is 23.9. The van der Waals surface area contributed by atoms with Gasteiger partial charge in [-0.2, -0.15) is 0 Å². The number of aliphatic imine (C=N–C) groups is 1. The largest absolute Gasteiger partial charge is 0.370 e. The number of likely N-dealkylation sites (tertiary alicyclic amines) is 1. The Kier molecular flexibility index (Phi) is 9.17. The fraction of sp³-hybridized carbons (Fsp3) is 0.636. The zero-order valence-corrected chi connectivity index (χ0v) is 19.7. The molecule has 1 saturated heterocycles. The number of guanidine groups is 1. The molecule has 3 N–H and O–H groups in total. The summed E-state index contributed by atoms with van der Waals surface area (Å²) in [6.45, 7) is 2.48. The number of nitrogens with two attached hydrogens (primary N) is 1. The van der Waals surface area contributed by atoms with Gasteiger partial charge in [-0.25, -0.2) is 4.39 Å². The molecule has 1 amide bonds. The first-order chi connectivity index (χ1) is 13.5. The molecule has 2 fully saturated rings. The van der Waals surface area contributed by atoms with E-state index in [0.717, 1.165) is 56.8 Å². The van der Waals surface area contributed by atoms with E-state index in [0.29, 0.717) is 6.42 Å². The molecule has 1 unspecified atom stereocenters. The Bertz CT molecular complexity index is 706. The molecule has 7 heteroatoms. The number of nitrogens with one attached hydrogen (secondary N) is 1. The Morgan fingerprint density at radius 2 is 2.07 bits per heavy atom. The van der Waals surface area contributed by atoms with Crippen molar-refractivity contribution in [3.05, 3.63) is 35.6 Å². The number of hydrogen-bond donors (Lipinski definition) is 2. The number of hydrogen-bond acceptors (Lipinski definition) is 2. The summed E-state index contributed by atoms with van der Waals surface area (Å²) in [5.74, 6) is 0.756. The van der Waals surface area contributed by atoms with Crippen molar-refractivity contribution in [3.63, 3.8) is 0 Å². The second-order valence-electron chi connectivity index (χ2n) is 8.38. The Morgan fingerprint density at radius 1 is 1.31 bits per heavy atom. The van der Waals surface area contributed by atoms with Gasteiger partial charge in [-0.3, -0.25) is 9.79 Å². The first-order valence-corrected chi connectivity index (χ1v) is 10.5. The van der Waals surface area contributed by atoms with Crippen LogP contribution in [0.2, 0.25) is 0 Å². The minimum atomic E-state index is -0.234. The number of benzene rings is 1. The number of nitrogens with zero attached hydrogens (tertiary/aromatic N) is 2. The highest BCUT2D eigenvalue weighted by molar-refractivity contribution is 14.0. The summed E-state index contributed by atoms with van der Waals surface area (Å²) in [4.78, 5) is 18.0. The van der Waals surface area contributed by atoms with Crippen molar-refractivity contribution in [2.24, 2.45) is 16.6 Å². The van der Waals surface area contributed by atoms with Crippen molar-refractivity contribution in [3.8, 4) is 0 Å². The molecule has 3 rings (SSSR count). The molecule has 162 valence electrons. The topological polar surface area (TPSA) is 70.7 Å². The van der Waals surface area contributed by atoms with Crippen LogP contribution in [0.4, 0.5) is 4.39 Å². The Hall–Kier alpha value is -1.38. The van der Waals surface area contributed by atoms with Crippen LogP contribution >= 0.6 is 24.0 Å². The van der Waals surface area contributed by atoms with Crippen LogP contribution < -0.4 is 11.1 Å². The summed E-state index contributed by atoms with van der Waals surface area (Å²) in [6, 6.07) is 7.08. The monoisotopic (exact) mass is 516 g/mol. The molecule has 1 saturated carbocycles. The van der Waals surface area contributed by atoms with Crippen molar-refractivity contribution in [2.45, 2.75) is 56.8 Å². The van der Waals surface area contributed by atoms with Crippen LogP contribution in [0.5, 0.6) is 0 Å². The first-order valence-electron chi connectivity index (χ1n) is 10.5. The quantitative estimate of drug-likeness (QED) is 0.355. The zero-order valence-electron chi connectivity index (χ0n) is 17.3. The average molecular weight is 516 g/mol. The number of rotatable bonds is 5.